The van der Waals surface area contributed by atoms with Crippen LogP contribution < -0.4 is 25.9 Å². The Hall–Kier alpha value is -3.99. The SMILES string of the molecule is CC1(C)CN=C(c2ccc(-c3cc4c5c(c3)Oc3ccccc3B5c3ccccc3O4)cc2)O1. The Kier molecular flexibility index (Phi) is 4.01. The van der Waals surface area contributed by atoms with Crippen LogP contribution in [0.1, 0.15) is 19.4 Å². The van der Waals surface area contributed by atoms with Gasteiger partial charge in [-0.2, -0.15) is 0 Å². The van der Waals surface area contributed by atoms with Gasteiger partial charge in [-0.05, 0) is 72.3 Å². The van der Waals surface area contributed by atoms with Crippen molar-refractivity contribution < 1.29 is 14.2 Å². The topological polar surface area (TPSA) is 40.0 Å². The summed E-state index contributed by atoms with van der Waals surface area (Å²) in [6.45, 7) is 4.88. The molecule has 0 N–H and O–H groups in total. The summed E-state index contributed by atoms with van der Waals surface area (Å²) in [6, 6.07) is 29.2. The average molecular weight is 443 g/mol. The van der Waals surface area contributed by atoms with Crippen molar-refractivity contribution in [2.24, 2.45) is 4.99 Å². The van der Waals surface area contributed by atoms with Gasteiger partial charge in [0.1, 0.15) is 28.6 Å². The van der Waals surface area contributed by atoms with E-state index in [1.807, 2.05) is 24.3 Å². The van der Waals surface area contributed by atoms with Crippen LogP contribution in [0.4, 0.5) is 0 Å². The standard InChI is InChI=1S/C29H22BNO3/c1-29(2)17-31-28(34-29)19-13-11-18(12-14-19)20-15-25-27-26(16-20)33-24-10-6-4-8-22(24)30(27)21-7-3-5-9-23(21)32-25/h3-16H,17H2,1-2H3. The lowest BCUT2D eigenvalue weighted by Crippen LogP contribution is -2.57. The Morgan fingerprint density at radius 1 is 0.676 bits per heavy atom. The Morgan fingerprint density at radius 3 is 1.79 bits per heavy atom. The minimum Gasteiger partial charge on any atom is -0.469 e. The maximum atomic E-state index is 6.41. The summed E-state index contributed by atoms with van der Waals surface area (Å²) in [5.41, 5.74) is 6.31. The smallest absolute Gasteiger partial charge is 0.260 e. The molecule has 0 bridgehead atoms. The van der Waals surface area contributed by atoms with Crippen LogP contribution in [0.15, 0.2) is 89.9 Å². The summed E-state index contributed by atoms with van der Waals surface area (Å²) in [5.74, 6) is 4.20. The Labute approximate surface area is 198 Å². The number of ether oxygens (including phenoxy) is 3. The molecule has 0 unspecified atom stereocenters. The van der Waals surface area contributed by atoms with Crippen LogP contribution >= 0.6 is 0 Å². The molecule has 0 fully saturated rings. The third kappa shape index (κ3) is 2.97. The van der Waals surface area contributed by atoms with Crippen molar-refractivity contribution in [3.8, 4) is 34.1 Å². The van der Waals surface area contributed by atoms with E-state index in [1.165, 1.54) is 10.9 Å². The van der Waals surface area contributed by atoms with E-state index in [4.69, 9.17) is 14.2 Å². The highest BCUT2D eigenvalue weighted by molar-refractivity contribution is 6.98. The molecular formula is C29H22BNO3. The summed E-state index contributed by atoms with van der Waals surface area (Å²) in [7, 11) is 0. The fraction of sp³-hybridized carbons (Fsp3) is 0.138. The van der Waals surface area contributed by atoms with Crippen LogP contribution in [0.25, 0.3) is 11.1 Å². The lowest BCUT2D eigenvalue weighted by molar-refractivity contribution is 0.131. The summed E-state index contributed by atoms with van der Waals surface area (Å²) in [5, 5.41) is 0. The lowest BCUT2D eigenvalue weighted by Gasteiger charge is -2.33. The molecule has 0 atom stereocenters. The van der Waals surface area contributed by atoms with Gasteiger partial charge in [0.15, 0.2) is 0 Å². The van der Waals surface area contributed by atoms with Gasteiger partial charge in [-0.15, -0.1) is 0 Å². The molecule has 0 amide bonds. The zero-order valence-corrected chi connectivity index (χ0v) is 19.0. The molecule has 0 aromatic heterocycles. The van der Waals surface area contributed by atoms with Crippen molar-refractivity contribution in [1.82, 2.24) is 0 Å². The molecule has 0 aliphatic carbocycles. The number of aliphatic imine (C=N–C) groups is 1. The molecule has 3 heterocycles. The zero-order chi connectivity index (χ0) is 22.9. The van der Waals surface area contributed by atoms with Gasteiger partial charge in [0.05, 0.1) is 6.54 Å². The fourth-order valence-electron chi connectivity index (χ4n) is 5.10. The minimum absolute atomic E-state index is 0.0946. The van der Waals surface area contributed by atoms with Gasteiger partial charge in [0, 0.05) is 11.0 Å². The van der Waals surface area contributed by atoms with Gasteiger partial charge in [0.25, 0.3) is 6.71 Å². The first kappa shape index (κ1) is 19.5. The molecule has 0 radical (unpaired) electrons. The second-order valence-corrected chi connectivity index (χ2v) is 9.66. The van der Waals surface area contributed by atoms with Crippen LogP contribution in [-0.4, -0.2) is 24.8 Å². The fourth-order valence-corrected chi connectivity index (χ4v) is 5.10. The third-order valence-corrected chi connectivity index (χ3v) is 6.73. The van der Waals surface area contributed by atoms with Gasteiger partial charge in [0.2, 0.25) is 5.90 Å². The van der Waals surface area contributed by atoms with Crippen molar-refractivity contribution in [3.05, 3.63) is 90.5 Å². The maximum absolute atomic E-state index is 6.41. The number of hydrogen-bond acceptors (Lipinski definition) is 4. The van der Waals surface area contributed by atoms with Gasteiger partial charge < -0.3 is 14.2 Å². The highest BCUT2D eigenvalue weighted by atomic mass is 16.5. The molecule has 0 spiro atoms. The van der Waals surface area contributed by atoms with Crippen LogP contribution in [0, 0.1) is 0 Å². The maximum Gasteiger partial charge on any atom is 0.260 e. The second-order valence-electron chi connectivity index (χ2n) is 9.66. The normalized spacial score (nSPS) is 16.3. The van der Waals surface area contributed by atoms with E-state index in [0.29, 0.717) is 12.4 Å². The first-order valence-corrected chi connectivity index (χ1v) is 11.6. The molecule has 0 saturated carbocycles. The molecular weight excluding hydrogens is 421 g/mol. The molecule has 34 heavy (non-hydrogen) atoms. The Bertz CT molecular complexity index is 1420. The van der Waals surface area contributed by atoms with Crippen LogP contribution in [0.3, 0.4) is 0 Å². The molecule has 7 rings (SSSR count). The summed E-state index contributed by atoms with van der Waals surface area (Å²) in [4.78, 5) is 4.56. The number of hydrogen-bond donors (Lipinski definition) is 0. The largest absolute Gasteiger partial charge is 0.469 e. The van der Waals surface area contributed by atoms with E-state index < -0.39 is 0 Å². The molecule has 4 aromatic carbocycles. The highest BCUT2D eigenvalue weighted by Gasteiger charge is 2.40. The number of nitrogens with zero attached hydrogens (tertiary/aromatic N) is 1. The number of benzene rings is 4. The average Bonchev–Trinajstić information content (AvgIpc) is 3.23. The summed E-state index contributed by atoms with van der Waals surface area (Å²) >= 11 is 0. The van der Waals surface area contributed by atoms with Crippen molar-refractivity contribution >= 4 is 29.0 Å². The Balaban J connectivity index is 1.33. The van der Waals surface area contributed by atoms with E-state index in [-0.39, 0.29) is 12.3 Å². The van der Waals surface area contributed by atoms with Crippen molar-refractivity contribution in [1.29, 1.82) is 0 Å². The van der Waals surface area contributed by atoms with E-state index in [9.17, 15) is 0 Å². The highest BCUT2D eigenvalue weighted by Crippen LogP contribution is 2.38. The quantitative estimate of drug-likeness (QED) is 0.366. The van der Waals surface area contributed by atoms with Crippen molar-refractivity contribution in [2.75, 3.05) is 6.54 Å². The second kappa shape index (κ2) is 7.01. The molecule has 4 nitrogen and oxygen atoms in total. The lowest BCUT2D eigenvalue weighted by atomic mass is 9.35. The molecule has 3 aliphatic rings. The molecule has 4 aromatic rings. The first-order chi connectivity index (χ1) is 16.6. The number of fused-ring (bicyclic) bond motifs is 4. The number of rotatable bonds is 2. The monoisotopic (exact) mass is 443 g/mol. The van der Waals surface area contributed by atoms with Gasteiger partial charge in [-0.1, -0.05) is 48.5 Å². The predicted octanol–water partition coefficient (Wildman–Crippen LogP) is 4.64. The van der Waals surface area contributed by atoms with E-state index in [1.54, 1.807) is 0 Å². The van der Waals surface area contributed by atoms with E-state index in [0.717, 1.165) is 45.2 Å². The number of para-hydroxylation sites is 2. The van der Waals surface area contributed by atoms with E-state index >= 15 is 0 Å². The molecule has 3 aliphatic heterocycles. The van der Waals surface area contributed by atoms with Crippen molar-refractivity contribution in [2.45, 2.75) is 19.4 Å². The summed E-state index contributed by atoms with van der Waals surface area (Å²) < 4.78 is 18.8. The van der Waals surface area contributed by atoms with Crippen LogP contribution in [0.5, 0.6) is 23.0 Å². The summed E-state index contributed by atoms with van der Waals surface area (Å²) in [6.07, 6.45) is 0. The minimum atomic E-state index is -0.243. The van der Waals surface area contributed by atoms with Gasteiger partial charge >= 0.3 is 0 Å². The third-order valence-electron chi connectivity index (χ3n) is 6.73. The van der Waals surface area contributed by atoms with Gasteiger partial charge in [-0.25, -0.2) is 4.99 Å². The molecule has 164 valence electrons. The zero-order valence-electron chi connectivity index (χ0n) is 19.0. The van der Waals surface area contributed by atoms with E-state index in [2.05, 4.69) is 79.5 Å². The van der Waals surface area contributed by atoms with Crippen LogP contribution in [0.2, 0.25) is 0 Å². The predicted molar refractivity (Wildman–Crippen MR) is 136 cm³/mol. The van der Waals surface area contributed by atoms with Crippen LogP contribution in [-0.2, 0) is 4.74 Å². The van der Waals surface area contributed by atoms with Crippen molar-refractivity contribution in [3.63, 3.8) is 0 Å². The first-order valence-electron chi connectivity index (χ1n) is 11.6. The molecule has 5 heteroatoms. The Morgan fingerprint density at radius 2 is 1.24 bits per heavy atom. The van der Waals surface area contributed by atoms with Gasteiger partial charge in [-0.3, -0.25) is 0 Å². The molecule has 0 saturated heterocycles.